The van der Waals surface area contributed by atoms with E-state index in [-0.39, 0.29) is 6.09 Å². The standard InChI is InChI=1S/C21H37N7O2/c1-21(2,3)30-20(29)26-11-15-4-7-27(8-5-15)17-14-28(9-6-16(17)10-22)19-13-24-18(23)12-25-19/h12-13,15-17H,4-11,14,22H2,1-3H3,(H2,23,24)(H,26,29). The highest BCUT2D eigenvalue weighted by Gasteiger charge is 2.35. The van der Waals surface area contributed by atoms with Gasteiger partial charge in [-0.2, -0.15) is 0 Å². The number of rotatable bonds is 5. The number of alkyl carbamates (subject to hydrolysis) is 1. The Labute approximate surface area is 179 Å². The summed E-state index contributed by atoms with van der Waals surface area (Å²) in [7, 11) is 0. The lowest BCUT2D eigenvalue weighted by Gasteiger charge is -2.46. The average Bonchev–Trinajstić information content (AvgIpc) is 2.71. The van der Waals surface area contributed by atoms with Gasteiger partial charge in [-0.05, 0) is 71.5 Å². The summed E-state index contributed by atoms with van der Waals surface area (Å²) < 4.78 is 5.34. The number of amides is 1. The predicted octanol–water partition coefficient (Wildman–Crippen LogP) is 1.45. The summed E-state index contributed by atoms with van der Waals surface area (Å²) in [5, 5.41) is 2.92. The van der Waals surface area contributed by atoms with Crippen molar-refractivity contribution in [2.24, 2.45) is 17.6 Å². The Morgan fingerprint density at radius 3 is 2.53 bits per heavy atom. The van der Waals surface area contributed by atoms with Gasteiger partial charge in [-0.25, -0.2) is 14.8 Å². The van der Waals surface area contributed by atoms with Gasteiger partial charge in [-0.3, -0.25) is 4.90 Å². The first kappa shape index (κ1) is 22.6. The highest BCUT2D eigenvalue weighted by molar-refractivity contribution is 5.67. The van der Waals surface area contributed by atoms with Crippen LogP contribution in [-0.2, 0) is 4.74 Å². The molecule has 3 rings (SSSR count). The Kier molecular flexibility index (Phi) is 7.36. The van der Waals surface area contributed by atoms with Gasteiger partial charge in [0.1, 0.15) is 17.2 Å². The van der Waals surface area contributed by atoms with Crippen molar-refractivity contribution in [2.75, 3.05) is 49.9 Å². The van der Waals surface area contributed by atoms with Crippen LogP contribution >= 0.6 is 0 Å². The third-order valence-corrected chi connectivity index (χ3v) is 6.06. The number of nitrogens with two attached hydrogens (primary N) is 2. The number of nitrogen functional groups attached to an aromatic ring is 1. The second-order valence-electron chi connectivity index (χ2n) is 9.46. The van der Waals surface area contributed by atoms with E-state index in [0.717, 1.165) is 51.3 Å². The first-order chi connectivity index (χ1) is 14.2. The summed E-state index contributed by atoms with van der Waals surface area (Å²) in [4.78, 5) is 25.4. The Balaban J connectivity index is 1.51. The molecular weight excluding hydrogens is 382 g/mol. The van der Waals surface area contributed by atoms with E-state index < -0.39 is 5.60 Å². The molecule has 2 saturated heterocycles. The van der Waals surface area contributed by atoms with Gasteiger partial charge in [0.15, 0.2) is 0 Å². The molecule has 0 radical (unpaired) electrons. The number of likely N-dealkylation sites (tertiary alicyclic amines) is 1. The number of ether oxygens (including phenoxy) is 1. The third-order valence-electron chi connectivity index (χ3n) is 6.06. The summed E-state index contributed by atoms with van der Waals surface area (Å²) >= 11 is 0. The van der Waals surface area contributed by atoms with E-state index in [9.17, 15) is 4.79 Å². The molecule has 1 amide bonds. The first-order valence-electron chi connectivity index (χ1n) is 11.0. The maximum Gasteiger partial charge on any atom is 0.407 e. The van der Waals surface area contributed by atoms with Gasteiger partial charge < -0.3 is 26.4 Å². The molecule has 0 saturated carbocycles. The molecule has 0 aromatic carbocycles. The number of nitrogens with zero attached hydrogens (tertiary/aromatic N) is 4. The number of aromatic nitrogens is 2. The molecule has 5 N–H and O–H groups in total. The molecule has 0 aliphatic carbocycles. The molecule has 0 spiro atoms. The van der Waals surface area contributed by atoms with E-state index in [1.807, 2.05) is 20.8 Å². The number of carbonyl (C=O) groups is 1. The minimum absolute atomic E-state index is 0.333. The Bertz CT molecular complexity index is 684. The van der Waals surface area contributed by atoms with E-state index in [0.29, 0.717) is 36.8 Å². The molecule has 30 heavy (non-hydrogen) atoms. The zero-order valence-corrected chi connectivity index (χ0v) is 18.5. The summed E-state index contributed by atoms with van der Waals surface area (Å²) in [6.45, 7) is 10.9. The lowest BCUT2D eigenvalue weighted by Crippen LogP contribution is -2.56. The Morgan fingerprint density at radius 2 is 1.93 bits per heavy atom. The second kappa shape index (κ2) is 9.78. The predicted molar refractivity (Wildman–Crippen MR) is 118 cm³/mol. The summed E-state index contributed by atoms with van der Waals surface area (Å²) in [5.41, 5.74) is 11.3. The normalized spacial score (nSPS) is 23.9. The molecule has 0 bridgehead atoms. The minimum atomic E-state index is -0.466. The van der Waals surface area contributed by atoms with Gasteiger partial charge in [-0.1, -0.05) is 0 Å². The quantitative estimate of drug-likeness (QED) is 0.655. The molecule has 1 aromatic rings. The van der Waals surface area contributed by atoms with E-state index in [2.05, 4.69) is 25.1 Å². The topological polar surface area (TPSA) is 123 Å². The number of hydrogen-bond donors (Lipinski definition) is 3. The van der Waals surface area contributed by atoms with Crippen molar-refractivity contribution >= 4 is 17.7 Å². The fourth-order valence-corrected chi connectivity index (χ4v) is 4.40. The van der Waals surface area contributed by atoms with Crippen molar-refractivity contribution in [3.8, 4) is 0 Å². The van der Waals surface area contributed by atoms with Crippen molar-refractivity contribution in [3.05, 3.63) is 12.4 Å². The number of hydrogen-bond acceptors (Lipinski definition) is 8. The molecule has 9 nitrogen and oxygen atoms in total. The van der Waals surface area contributed by atoms with Crippen LogP contribution in [0.5, 0.6) is 0 Å². The average molecular weight is 420 g/mol. The molecule has 9 heteroatoms. The van der Waals surface area contributed by atoms with Gasteiger partial charge in [0.25, 0.3) is 0 Å². The molecule has 2 aliphatic heterocycles. The third kappa shape index (κ3) is 6.18. The SMILES string of the molecule is CC(C)(C)OC(=O)NCC1CCN(C2CN(c3cnc(N)cn3)CCC2CN)CC1. The lowest BCUT2D eigenvalue weighted by atomic mass is 9.87. The highest BCUT2D eigenvalue weighted by atomic mass is 16.6. The molecule has 2 aliphatic rings. The number of nitrogens with one attached hydrogen (secondary N) is 1. The Morgan fingerprint density at radius 1 is 1.20 bits per heavy atom. The van der Waals surface area contributed by atoms with E-state index in [1.54, 1.807) is 12.4 Å². The zero-order valence-electron chi connectivity index (χ0n) is 18.5. The maximum absolute atomic E-state index is 11.9. The highest BCUT2D eigenvalue weighted by Crippen LogP contribution is 2.28. The van der Waals surface area contributed by atoms with Gasteiger partial charge >= 0.3 is 6.09 Å². The molecule has 2 fully saturated rings. The van der Waals surface area contributed by atoms with Crippen molar-refractivity contribution in [2.45, 2.75) is 51.7 Å². The van der Waals surface area contributed by atoms with Crippen LogP contribution in [0.15, 0.2) is 12.4 Å². The fraction of sp³-hybridized carbons (Fsp3) is 0.762. The lowest BCUT2D eigenvalue weighted by molar-refractivity contribution is 0.0493. The van der Waals surface area contributed by atoms with Gasteiger partial charge in [-0.15, -0.1) is 0 Å². The molecule has 168 valence electrons. The van der Waals surface area contributed by atoms with E-state index in [4.69, 9.17) is 16.2 Å². The second-order valence-corrected chi connectivity index (χ2v) is 9.46. The van der Waals surface area contributed by atoms with Crippen LogP contribution in [0.1, 0.15) is 40.0 Å². The van der Waals surface area contributed by atoms with E-state index >= 15 is 0 Å². The van der Waals surface area contributed by atoms with Crippen LogP contribution in [0, 0.1) is 11.8 Å². The Hall–Kier alpha value is -2.13. The van der Waals surface area contributed by atoms with Crippen LogP contribution in [0.2, 0.25) is 0 Å². The number of carbonyl (C=O) groups excluding carboxylic acids is 1. The minimum Gasteiger partial charge on any atom is -0.444 e. The van der Waals surface area contributed by atoms with E-state index in [1.165, 1.54) is 0 Å². The monoisotopic (exact) mass is 419 g/mol. The largest absolute Gasteiger partial charge is 0.444 e. The smallest absolute Gasteiger partial charge is 0.407 e. The molecule has 2 unspecified atom stereocenters. The van der Waals surface area contributed by atoms with Crippen LogP contribution < -0.4 is 21.7 Å². The summed E-state index contributed by atoms with van der Waals surface area (Å²) in [6.07, 6.45) is 6.21. The fourth-order valence-electron chi connectivity index (χ4n) is 4.40. The van der Waals surface area contributed by atoms with Gasteiger partial charge in [0.2, 0.25) is 0 Å². The van der Waals surface area contributed by atoms with Crippen LogP contribution in [0.3, 0.4) is 0 Å². The molecule has 3 heterocycles. The van der Waals surface area contributed by atoms with Crippen molar-refractivity contribution in [1.82, 2.24) is 20.2 Å². The zero-order chi connectivity index (χ0) is 21.7. The number of piperidine rings is 2. The van der Waals surface area contributed by atoms with Crippen molar-refractivity contribution in [3.63, 3.8) is 0 Å². The van der Waals surface area contributed by atoms with Crippen LogP contribution in [0.4, 0.5) is 16.4 Å². The number of anilines is 2. The van der Waals surface area contributed by atoms with Crippen molar-refractivity contribution in [1.29, 1.82) is 0 Å². The summed E-state index contributed by atoms with van der Waals surface area (Å²) in [5.74, 6) is 2.28. The molecule has 2 atom stereocenters. The van der Waals surface area contributed by atoms with Gasteiger partial charge in [0, 0.05) is 25.7 Å². The maximum atomic E-state index is 11.9. The van der Waals surface area contributed by atoms with Crippen LogP contribution in [-0.4, -0.2) is 71.9 Å². The molecule has 1 aromatic heterocycles. The molecular formula is C21H37N7O2. The van der Waals surface area contributed by atoms with Crippen molar-refractivity contribution < 1.29 is 9.53 Å². The van der Waals surface area contributed by atoms with Gasteiger partial charge in [0.05, 0.1) is 12.4 Å². The van der Waals surface area contributed by atoms with Crippen LogP contribution in [0.25, 0.3) is 0 Å². The summed E-state index contributed by atoms with van der Waals surface area (Å²) in [6, 6.07) is 0.405. The first-order valence-corrected chi connectivity index (χ1v) is 11.0.